The zero-order valence-corrected chi connectivity index (χ0v) is 10.2. The number of nitrogens with two attached hydrogens (primary N) is 1. The first-order valence-electron chi connectivity index (χ1n) is 5.05. The van der Waals surface area contributed by atoms with Gasteiger partial charge >= 0.3 is 0 Å². The van der Waals surface area contributed by atoms with E-state index in [0.717, 1.165) is 12.1 Å². The standard InChI is InChI=1S/C11H10F3N3S/c1-5-11(18-4-16-5)10(17-15)6-2-3-7(12)9(14)8(6)13/h2-4,10,17H,15H2,1H3. The fourth-order valence-corrected chi connectivity index (χ4v) is 2.54. The van der Waals surface area contributed by atoms with Crippen molar-refractivity contribution >= 4 is 11.3 Å². The second-order valence-corrected chi connectivity index (χ2v) is 4.55. The van der Waals surface area contributed by atoms with Crippen LogP contribution in [0.15, 0.2) is 17.6 Å². The molecule has 3 N–H and O–H groups in total. The van der Waals surface area contributed by atoms with Crippen LogP contribution in [0.25, 0.3) is 0 Å². The summed E-state index contributed by atoms with van der Waals surface area (Å²) < 4.78 is 39.8. The van der Waals surface area contributed by atoms with E-state index in [2.05, 4.69) is 10.4 Å². The summed E-state index contributed by atoms with van der Waals surface area (Å²) in [5.74, 6) is 1.39. The lowest BCUT2D eigenvalue weighted by atomic mass is 10.0. The van der Waals surface area contributed by atoms with Crippen molar-refractivity contribution in [2.75, 3.05) is 0 Å². The van der Waals surface area contributed by atoms with Crippen LogP contribution in [0.5, 0.6) is 0 Å². The Morgan fingerprint density at radius 1 is 1.28 bits per heavy atom. The lowest BCUT2D eigenvalue weighted by Gasteiger charge is -2.16. The fourth-order valence-electron chi connectivity index (χ4n) is 1.66. The second kappa shape index (κ2) is 5.05. The quantitative estimate of drug-likeness (QED) is 0.513. The maximum Gasteiger partial charge on any atom is 0.194 e. The minimum absolute atomic E-state index is 0.0521. The summed E-state index contributed by atoms with van der Waals surface area (Å²) in [6, 6.07) is 1.28. The maximum atomic E-state index is 13.7. The number of hydrogen-bond donors (Lipinski definition) is 2. The van der Waals surface area contributed by atoms with Crippen molar-refractivity contribution < 1.29 is 13.2 Å². The summed E-state index contributed by atoms with van der Waals surface area (Å²) in [6.45, 7) is 1.73. The van der Waals surface area contributed by atoms with Gasteiger partial charge in [-0.05, 0) is 13.0 Å². The van der Waals surface area contributed by atoms with E-state index >= 15 is 0 Å². The Morgan fingerprint density at radius 2 is 2.00 bits per heavy atom. The highest BCUT2D eigenvalue weighted by atomic mass is 32.1. The van der Waals surface area contributed by atoms with Crippen LogP contribution in [-0.4, -0.2) is 4.98 Å². The van der Waals surface area contributed by atoms with Crippen LogP contribution in [-0.2, 0) is 0 Å². The molecule has 2 rings (SSSR count). The molecule has 0 bridgehead atoms. The molecular formula is C11H10F3N3S. The van der Waals surface area contributed by atoms with Crippen molar-refractivity contribution in [3.8, 4) is 0 Å². The molecule has 96 valence electrons. The van der Waals surface area contributed by atoms with Crippen molar-refractivity contribution in [1.82, 2.24) is 10.4 Å². The van der Waals surface area contributed by atoms with Gasteiger partial charge in [0.2, 0.25) is 0 Å². The van der Waals surface area contributed by atoms with Gasteiger partial charge in [-0.25, -0.2) is 23.6 Å². The fraction of sp³-hybridized carbons (Fsp3) is 0.182. The average Bonchev–Trinajstić information content (AvgIpc) is 2.77. The molecule has 0 aliphatic heterocycles. The third-order valence-electron chi connectivity index (χ3n) is 2.59. The van der Waals surface area contributed by atoms with E-state index in [1.807, 2.05) is 0 Å². The van der Waals surface area contributed by atoms with Gasteiger partial charge in [-0.15, -0.1) is 11.3 Å². The third kappa shape index (κ3) is 2.12. The van der Waals surface area contributed by atoms with Gasteiger partial charge < -0.3 is 0 Å². The highest BCUT2D eigenvalue weighted by Crippen LogP contribution is 2.30. The van der Waals surface area contributed by atoms with E-state index in [1.165, 1.54) is 11.3 Å². The predicted molar refractivity (Wildman–Crippen MR) is 62.3 cm³/mol. The molecule has 1 atom stereocenters. The molecule has 1 aromatic carbocycles. The summed E-state index contributed by atoms with van der Waals surface area (Å²) in [5, 5.41) is 0. The first-order valence-corrected chi connectivity index (χ1v) is 5.93. The Labute approximate surface area is 105 Å². The summed E-state index contributed by atoms with van der Waals surface area (Å²) >= 11 is 1.26. The number of halogens is 3. The Bertz CT molecular complexity index is 571. The zero-order valence-electron chi connectivity index (χ0n) is 9.38. The lowest BCUT2D eigenvalue weighted by molar-refractivity contribution is 0.433. The molecule has 7 heteroatoms. The lowest BCUT2D eigenvalue weighted by Crippen LogP contribution is -2.29. The molecule has 0 amide bonds. The summed E-state index contributed by atoms with van der Waals surface area (Å²) in [6.07, 6.45) is 0. The van der Waals surface area contributed by atoms with Crippen LogP contribution in [0.1, 0.15) is 22.2 Å². The topological polar surface area (TPSA) is 50.9 Å². The van der Waals surface area contributed by atoms with Crippen LogP contribution in [0.2, 0.25) is 0 Å². The third-order valence-corrected chi connectivity index (χ3v) is 3.58. The van der Waals surface area contributed by atoms with E-state index in [-0.39, 0.29) is 5.56 Å². The van der Waals surface area contributed by atoms with Crippen molar-refractivity contribution in [3.05, 3.63) is 51.2 Å². The zero-order chi connectivity index (χ0) is 13.3. The van der Waals surface area contributed by atoms with Crippen molar-refractivity contribution in [2.24, 2.45) is 5.84 Å². The highest BCUT2D eigenvalue weighted by Gasteiger charge is 2.23. The Balaban J connectivity index is 2.53. The van der Waals surface area contributed by atoms with Gasteiger partial charge in [0.05, 0.1) is 22.1 Å². The number of aryl methyl sites for hydroxylation is 1. The van der Waals surface area contributed by atoms with Crippen LogP contribution < -0.4 is 11.3 Å². The molecule has 0 fully saturated rings. The van der Waals surface area contributed by atoms with Crippen LogP contribution >= 0.6 is 11.3 Å². The molecule has 0 aliphatic carbocycles. The number of thiazole rings is 1. The van der Waals surface area contributed by atoms with Gasteiger partial charge in [0.1, 0.15) is 0 Å². The number of hydrazine groups is 1. The first-order chi connectivity index (χ1) is 8.56. The first kappa shape index (κ1) is 13.0. The molecule has 0 radical (unpaired) electrons. The van der Waals surface area contributed by atoms with E-state index in [9.17, 15) is 13.2 Å². The van der Waals surface area contributed by atoms with Crippen LogP contribution in [0.4, 0.5) is 13.2 Å². The number of benzene rings is 1. The molecule has 0 saturated carbocycles. The SMILES string of the molecule is Cc1ncsc1C(NN)c1ccc(F)c(F)c1F. The van der Waals surface area contributed by atoms with Crippen molar-refractivity contribution in [1.29, 1.82) is 0 Å². The van der Waals surface area contributed by atoms with Crippen LogP contribution in [0.3, 0.4) is 0 Å². The molecular weight excluding hydrogens is 263 g/mol. The molecule has 2 aromatic rings. The molecule has 0 aliphatic rings. The van der Waals surface area contributed by atoms with E-state index in [4.69, 9.17) is 5.84 Å². The van der Waals surface area contributed by atoms with Crippen molar-refractivity contribution in [3.63, 3.8) is 0 Å². The van der Waals surface area contributed by atoms with Crippen LogP contribution in [0, 0.1) is 24.4 Å². The molecule has 0 spiro atoms. The van der Waals surface area contributed by atoms with E-state index in [1.54, 1.807) is 12.4 Å². The molecule has 0 saturated heterocycles. The van der Waals surface area contributed by atoms with Crippen molar-refractivity contribution in [2.45, 2.75) is 13.0 Å². The number of nitrogens with one attached hydrogen (secondary N) is 1. The largest absolute Gasteiger partial charge is 0.271 e. The van der Waals surface area contributed by atoms with Gasteiger partial charge in [-0.1, -0.05) is 6.07 Å². The summed E-state index contributed by atoms with van der Waals surface area (Å²) in [7, 11) is 0. The predicted octanol–water partition coefficient (Wildman–Crippen LogP) is 2.42. The average molecular weight is 273 g/mol. The maximum absolute atomic E-state index is 13.7. The number of rotatable bonds is 3. The normalized spacial score (nSPS) is 12.7. The minimum Gasteiger partial charge on any atom is -0.271 e. The molecule has 1 unspecified atom stereocenters. The molecule has 1 aromatic heterocycles. The smallest absolute Gasteiger partial charge is 0.194 e. The number of nitrogens with zero attached hydrogens (tertiary/aromatic N) is 1. The molecule has 1 heterocycles. The van der Waals surface area contributed by atoms with E-state index < -0.39 is 23.5 Å². The molecule has 3 nitrogen and oxygen atoms in total. The molecule has 18 heavy (non-hydrogen) atoms. The highest BCUT2D eigenvalue weighted by molar-refractivity contribution is 7.09. The summed E-state index contributed by atoms with van der Waals surface area (Å²) in [4.78, 5) is 4.67. The van der Waals surface area contributed by atoms with Gasteiger partial charge in [0, 0.05) is 5.56 Å². The van der Waals surface area contributed by atoms with Gasteiger partial charge in [-0.2, -0.15) is 0 Å². The van der Waals surface area contributed by atoms with Gasteiger partial charge in [0.15, 0.2) is 17.5 Å². The Hall–Kier alpha value is -1.44. The number of aromatic nitrogens is 1. The number of hydrogen-bond acceptors (Lipinski definition) is 4. The second-order valence-electron chi connectivity index (χ2n) is 3.67. The Kier molecular flexibility index (Phi) is 3.65. The minimum atomic E-state index is -1.50. The Morgan fingerprint density at radius 3 is 2.56 bits per heavy atom. The van der Waals surface area contributed by atoms with Gasteiger partial charge in [-0.3, -0.25) is 5.84 Å². The summed E-state index contributed by atoms with van der Waals surface area (Å²) in [5.41, 5.74) is 4.57. The monoisotopic (exact) mass is 273 g/mol. The van der Waals surface area contributed by atoms with E-state index in [0.29, 0.717) is 10.6 Å². The van der Waals surface area contributed by atoms with Gasteiger partial charge in [0.25, 0.3) is 0 Å².